The average Bonchev–Trinajstić information content (AvgIpc) is 2.89. The van der Waals surface area contributed by atoms with Crippen molar-refractivity contribution in [1.29, 1.82) is 0 Å². The first kappa shape index (κ1) is 16.8. The van der Waals surface area contributed by atoms with Crippen LogP contribution in [0, 0.1) is 6.92 Å². The van der Waals surface area contributed by atoms with Gasteiger partial charge >= 0.3 is 12.3 Å². The number of ether oxygens (including phenoxy) is 2. The van der Waals surface area contributed by atoms with Gasteiger partial charge in [0.25, 0.3) is 0 Å². The highest BCUT2D eigenvalue weighted by Gasteiger charge is 2.31. The van der Waals surface area contributed by atoms with Crippen molar-refractivity contribution < 1.29 is 27.4 Å². The molecular weight excluding hydrogens is 335 g/mol. The zero-order valence-corrected chi connectivity index (χ0v) is 13.0. The van der Waals surface area contributed by atoms with Crippen molar-refractivity contribution in [3.8, 4) is 5.75 Å². The van der Waals surface area contributed by atoms with Crippen molar-refractivity contribution in [3.05, 3.63) is 70.9 Å². The van der Waals surface area contributed by atoms with Gasteiger partial charge in [-0.3, -0.25) is 0 Å². The van der Waals surface area contributed by atoms with Crippen LogP contribution in [0.3, 0.4) is 0 Å². The van der Waals surface area contributed by atoms with Crippen LogP contribution >= 0.6 is 0 Å². The lowest BCUT2D eigenvalue weighted by atomic mass is 10.1. The van der Waals surface area contributed by atoms with Gasteiger partial charge in [0.2, 0.25) is 5.90 Å². The van der Waals surface area contributed by atoms with E-state index in [0.717, 1.165) is 17.7 Å². The molecule has 0 spiro atoms. The lowest BCUT2D eigenvalue weighted by Crippen LogP contribution is -2.16. The van der Waals surface area contributed by atoms with Crippen molar-refractivity contribution in [2.75, 3.05) is 0 Å². The molecule has 1 aliphatic rings. The van der Waals surface area contributed by atoms with Gasteiger partial charge in [0.15, 0.2) is 5.70 Å². The van der Waals surface area contributed by atoms with Gasteiger partial charge in [-0.05, 0) is 42.8 Å². The maximum absolute atomic E-state index is 12.1. The van der Waals surface area contributed by atoms with Crippen molar-refractivity contribution in [2.24, 2.45) is 4.99 Å². The molecule has 0 unspecified atom stereocenters. The van der Waals surface area contributed by atoms with Crippen molar-refractivity contribution in [2.45, 2.75) is 13.3 Å². The molecule has 2 aromatic carbocycles. The summed E-state index contributed by atoms with van der Waals surface area (Å²) in [6.45, 7) is 1.90. The topological polar surface area (TPSA) is 47.9 Å². The number of esters is 1. The molecule has 0 aliphatic carbocycles. The van der Waals surface area contributed by atoms with Gasteiger partial charge in [-0.25, -0.2) is 9.79 Å². The predicted molar refractivity (Wildman–Crippen MR) is 84.9 cm³/mol. The van der Waals surface area contributed by atoms with Gasteiger partial charge in [0, 0.05) is 5.56 Å². The quantitative estimate of drug-likeness (QED) is 0.616. The second-order valence-corrected chi connectivity index (χ2v) is 5.32. The first-order valence-electron chi connectivity index (χ1n) is 7.25. The van der Waals surface area contributed by atoms with E-state index in [2.05, 4.69) is 9.73 Å². The third-order valence-electron chi connectivity index (χ3n) is 3.30. The SMILES string of the molecule is Cc1cccc(C2=NC(=Cc3ccc(OC(F)(F)F)cc3)C(=O)O2)c1. The molecular formula is C18H12F3NO3. The van der Waals surface area contributed by atoms with Gasteiger partial charge in [-0.1, -0.05) is 29.8 Å². The summed E-state index contributed by atoms with van der Waals surface area (Å²) in [7, 11) is 0. The second-order valence-electron chi connectivity index (χ2n) is 5.32. The van der Waals surface area contributed by atoms with Crippen molar-refractivity contribution >= 4 is 17.9 Å². The molecule has 4 nitrogen and oxygen atoms in total. The fraction of sp³-hybridized carbons (Fsp3) is 0.111. The van der Waals surface area contributed by atoms with Gasteiger partial charge in [-0.2, -0.15) is 0 Å². The van der Waals surface area contributed by atoms with Gasteiger partial charge in [0.05, 0.1) is 0 Å². The number of carbonyl (C=O) groups is 1. The zero-order valence-electron chi connectivity index (χ0n) is 13.0. The molecule has 0 bridgehead atoms. The van der Waals surface area contributed by atoms with Crippen LogP contribution in [0.15, 0.2) is 59.2 Å². The number of alkyl halides is 3. The van der Waals surface area contributed by atoms with E-state index in [4.69, 9.17) is 4.74 Å². The van der Waals surface area contributed by atoms with E-state index < -0.39 is 12.3 Å². The number of aliphatic imine (C=N–C) groups is 1. The third-order valence-corrected chi connectivity index (χ3v) is 3.30. The standard InChI is InChI=1S/C18H12F3NO3/c1-11-3-2-4-13(9-11)16-22-15(17(23)24-16)10-12-5-7-14(8-6-12)25-18(19,20)21/h2-10H,1H3. The van der Waals surface area contributed by atoms with Gasteiger partial charge < -0.3 is 9.47 Å². The number of rotatable bonds is 3. The average molecular weight is 347 g/mol. The molecule has 128 valence electrons. The van der Waals surface area contributed by atoms with Crippen molar-refractivity contribution in [3.63, 3.8) is 0 Å². The van der Waals surface area contributed by atoms with E-state index in [1.165, 1.54) is 18.2 Å². The molecule has 0 saturated carbocycles. The number of hydrogen-bond acceptors (Lipinski definition) is 4. The first-order chi connectivity index (χ1) is 11.8. The summed E-state index contributed by atoms with van der Waals surface area (Å²) in [6.07, 6.45) is -3.31. The van der Waals surface area contributed by atoms with Crippen LogP contribution in [0.2, 0.25) is 0 Å². The Morgan fingerprint density at radius 2 is 1.84 bits per heavy atom. The predicted octanol–water partition coefficient (Wildman–Crippen LogP) is 4.24. The molecule has 0 saturated heterocycles. The summed E-state index contributed by atoms with van der Waals surface area (Å²) < 4.78 is 45.4. The number of benzene rings is 2. The minimum absolute atomic E-state index is 0.0704. The highest BCUT2D eigenvalue weighted by molar-refractivity contribution is 6.12. The van der Waals surface area contributed by atoms with Crippen LogP contribution in [0.5, 0.6) is 5.75 Å². The fourth-order valence-electron chi connectivity index (χ4n) is 2.23. The van der Waals surface area contributed by atoms with Crippen LogP contribution in [-0.2, 0) is 9.53 Å². The minimum Gasteiger partial charge on any atom is -0.406 e. The molecule has 3 rings (SSSR count). The maximum atomic E-state index is 12.1. The smallest absolute Gasteiger partial charge is 0.406 e. The lowest BCUT2D eigenvalue weighted by Gasteiger charge is -2.08. The molecule has 0 atom stereocenters. The maximum Gasteiger partial charge on any atom is 0.573 e. The normalized spacial score (nSPS) is 15.9. The summed E-state index contributed by atoms with van der Waals surface area (Å²) in [5.41, 5.74) is 2.23. The van der Waals surface area contributed by atoms with E-state index in [1.54, 1.807) is 6.07 Å². The Labute approximate surface area is 141 Å². The number of hydrogen-bond donors (Lipinski definition) is 0. The van der Waals surface area contributed by atoms with E-state index >= 15 is 0 Å². The fourth-order valence-corrected chi connectivity index (χ4v) is 2.23. The lowest BCUT2D eigenvalue weighted by molar-refractivity contribution is -0.274. The van der Waals surface area contributed by atoms with Crippen LogP contribution in [0.1, 0.15) is 16.7 Å². The summed E-state index contributed by atoms with van der Waals surface area (Å²) in [4.78, 5) is 16.1. The zero-order chi connectivity index (χ0) is 18.0. The van der Waals surface area contributed by atoms with Gasteiger partial charge in [0.1, 0.15) is 5.75 Å². The molecule has 0 aromatic heterocycles. The molecule has 7 heteroatoms. The second kappa shape index (κ2) is 6.43. The van der Waals surface area contributed by atoms with Crippen molar-refractivity contribution in [1.82, 2.24) is 0 Å². The largest absolute Gasteiger partial charge is 0.573 e. The molecule has 25 heavy (non-hydrogen) atoms. The van der Waals surface area contributed by atoms with Crippen LogP contribution in [-0.4, -0.2) is 18.2 Å². The molecule has 2 aromatic rings. The molecule has 0 N–H and O–H groups in total. The Kier molecular flexibility index (Phi) is 4.31. The molecule has 0 amide bonds. The van der Waals surface area contributed by atoms with Crippen LogP contribution in [0.4, 0.5) is 13.2 Å². The highest BCUT2D eigenvalue weighted by atomic mass is 19.4. The first-order valence-corrected chi connectivity index (χ1v) is 7.25. The summed E-state index contributed by atoms with van der Waals surface area (Å²) in [5, 5.41) is 0. The summed E-state index contributed by atoms with van der Waals surface area (Å²) in [5.74, 6) is -0.767. The molecule has 1 heterocycles. The number of cyclic esters (lactones) is 1. The Balaban J connectivity index is 1.82. The van der Waals surface area contributed by atoms with Crippen LogP contribution < -0.4 is 4.74 Å². The Morgan fingerprint density at radius 1 is 1.12 bits per heavy atom. The molecule has 0 radical (unpaired) electrons. The molecule has 1 aliphatic heterocycles. The van der Waals surface area contributed by atoms with E-state index in [9.17, 15) is 18.0 Å². The minimum atomic E-state index is -4.75. The number of nitrogens with zero attached hydrogens (tertiary/aromatic N) is 1. The Bertz CT molecular complexity index is 868. The summed E-state index contributed by atoms with van der Waals surface area (Å²) in [6, 6.07) is 12.4. The highest BCUT2D eigenvalue weighted by Crippen LogP contribution is 2.24. The van der Waals surface area contributed by atoms with E-state index in [-0.39, 0.29) is 17.3 Å². The van der Waals surface area contributed by atoms with E-state index in [1.807, 2.05) is 25.1 Å². The van der Waals surface area contributed by atoms with Crippen LogP contribution in [0.25, 0.3) is 6.08 Å². The Morgan fingerprint density at radius 3 is 2.48 bits per heavy atom. The third kappa shape index (κ3) is 4.26. The van der Waals surface area contributed by atoms with E-state index in [0.29, 0.717) is 11.1 Å². The monoisotopic (exact) mass is 347 g/mol. The molecule has 0 fully saturated rings. The Hall–Kier alpha value is -3.09. The van der Waals surface area contributed by atoms with Gasteiger partial charge in [-0.15, -0.1) is 13.2 Å². The number of aryl methyl sites for hydroxylation is 1. The number of carbonyl (C=O) groups excluding carboxylic acids is 1. The summed E-state index contributed by atoms with van der Waals surface area (Å²) >= 11 is 0. The number of halogens is 3.